The Bertz CT molecular complexity index is 599. The molecule has 1 amide bonds. The number of aromatic hydroxyl groups is 1. The summed E-state index contributed by atoms with van der Waals surface area (Å²) in [7, 11) is 0. The van der Waals surface area contributed by atoms with Crippen molar-refractivity contribution in [2.75, 3.05) is 5.32 Å². The minimum atomic E-state index is -0.408. The molecule has 2 aromatic rings. The molecular formula is C13H11ClN2O2. The number of hydrogen-bond acceptors (Lipinski definition) is 3. The molecular weight excluding hydrogens is 252 g/mol. The molecule has 2 rings (SSSR count). The Labute approximate surface area is 109 Å². The van der Waals surface area contributed by atoms with E-state index in [1.165, 1.54) is 18.5 Å². The SMILES string of the molecule is Cc1ccc(NC(=O)c2ccncc2O)cc1Cl. The first-order chi connectivity index (χ1) is 8.58. The molecule has 0 aliphatic carbocycles. The van der Waals surface area contributed by atoms with E-state index < -0.39 is 5.91 Å². The van der Waals surface area contributed by atoms with Crippen molar-refractivity contribution in [3.8, 4) is 5.75 Å². The molecule has 18 heavy (non-hydrogen) atoms. The van der Waals surface area contributed by atoms with Crippen molar-refractivity contribution in [1.82, 2.24) is 4.98 Å². The predicted molar refractivity (Wildman–Crippen MR) is 70.0 cm³/mol. The summed E-state index contributed by atoms with van der Waals surface area (Å²) in [5, 5.41) is 12.7. The van der Waals surface area contributed by atoms with Crippen molar-refractivity contribution in [2.45, 2.75) is 6.92 Å². The zero-order valence-electron chi connectivity index (χ0n) is 9.64. The van der Waals surface area contributed by atoms with E-state index in [1.54, 1.807) is 12.1 Å². The van der Waals surface area contributed by atoms with Gasteiger partial charge in [-0.2, -0.15) is 0 Å². The highest BCUT2D eigenvalue weighted by Gasteiger charge is 2.11. The van der Waals surface area contributed by atoms with Crippen molar-refractivity contribution in [3.05, 3.63) is 52.8 Å². The van der Waals surface area contributed by atoms with E-state index in [4.69, 9.17) is 11.6 Å². The highest BCUT2D eigenvalue weighted by atomic mass is 35.5. The smallest absolute Gasteiger partial charge is 0.259 e. The second kappa shape index (κ2) is 5.06. The summed E-state index contributed by atoms with van der Waals surface area (Å²) in [6, 6.07) is 6.66. The van der Waals surface area contributed by atoms with Crippen LogP contribution in [0.3, 0.4) is 0 Å². The zero-order valence-corrected chi connectivity index (χ0v) is 10.4. The standard InChI is InChI=1S/C13H11ClN2O2/c1-8-2-3-9(6-11(8)14)16-13(18)10-4-5-15-7-12(10)17/h2-7,17H,1H3,(H,16,18). The van der Waals surface area contributed by atoms with Crippen LogP contribution in [0.15, 0.2) is 36.7 Å². The molecule has 0 aliphatic rings. The van der Waals surface area contributed by atoms with Crippen LogP contribution in [0.2, 0.25) is 5.02 Å². The zero-order chi connectivity index (χ0) is 13.1. The molecule has 0 unspecified atom stereocenters. The molecule has 1 heterocycles. The fraction of sp³-hybridized carbons (Fsp3) is 0.0769. The molecule has 1 aromatic carbocycles. The van der Waals surface area contributed by atoms with Gasteiger partial charge in [-0.05, 0) is 30.7 Å². The third-order valence-electron chi connectivity index (χ3n) is 2.47. The number of carbonyl (C=O) groups is 1. The summed E-state index contributed by atoms with van der Waals surface area (Å²) in [5.74, 6) is -0.567. The Balaban J connectivity index is 2.22. The predicted octanol–water partition coefficient (Wildman–Crippen LogP) is 3.00. The molecule has 2 N–H and O–H groups in total. The Morgan fingerprint density at radius 2 is 2.17 bits per heavy atom. The first-order valence-electron chi connectivity index (χ1n) is 5.28. The highest BCUT2D eigenvalue weighted by Crippen LogP contribution is 2.21. The summed E-state index contributed by atoms with van der Waals surface area (Å²) < 4.78 is 0. The number of aromatic nitrogens is 1. The van der Waals surface area contributed by atoms with Gasteiger partial charge in [-0.3, -0.25) is 9.78 Å². The van der Waals surface area contributed by atoms with Crippen LogP contribution in [0.4, 0.5) is 5.69 Å². The number of rotatable bonds is 2. The van der Waals surface area contributed by atoms with Gasteiger partial charge >= 0.3 is 0 Å². The first kappa shape index (κ1) is 12.4. The molecule has 0 aliphatic heterocycles. The van der Waals surface area contributed by atoms with Crippen molar-refractivity contribution in [2.24, 2.45) is 0 Å². The van der Waals surface area contributed by atoms with Crippen LogP contribution >= 0.6 is 11.6 Å². The number of benzene rings is 1. The Morgan fingerprint density at radius 1 is 1.39 bits per heavy atom. The number of anilines is 1. The number of nitrogens with one attached hydrogen (secondary N) is 1. The van der Waals surface area contributed by atoms with Gasteiger partial charge in [-0.25, -0.2) is 0 Å². The van der Waals surface area contributed by atoms with Gasteiger partial charge in [0, 0.05) is 16.9 Å². The van der Waals surface area contributed by atoms with Crippen LogP contribution in [0, 0.1) is 6.92 Å². The van der Waals surface area contributed by atoms with E-state index >= 15 is 0 Å². The van der Waals surface area contributed by atoms with E-state index in [0.717, 1.165) is 5.56 Å². The molecule has 0 bridgehead atoms. The number of pyridine rings is 1. The number of halogens is 1. The highest BCUT2D eigenvalue weighted by molar-refractivity contribution is 6.31. The lowest BCUT2D eigenvalue weighted by Crippen LogP contribution is -2.12. The number of carbonyl (C=O) groups excluding carboxylic acids is 1. The second-order valence-corrected chi connectivity index (χ2v) is 4.22. The topological polar surface area (TPSA) is 62.2 Å². The first-order valence-corrected chi connectivity index (χ1v) is 5.66. The maximum absolute atomic E-state index is 11.9. The van der Waals surface area contributed by atoms with Gasteiger partial charge in [0.2, 0.25) is 0 Å². The quantitative estimate of drug-likeness (QED) is 0.875. The summed E-state index contributed by atoms with van der Waals surface area (Å²) in [4.78, 5) is 15.6. The van der Waals surface area contributed by atoms with Gasteiger partial charge in [0.15, 0.2) is 0 Å². The minimum absolute atomic E-state index is 0.159. The van der Waals surface area contributed by atoms with E-state index in [0.29, 0.717) is 10.7 Å². The van der Waals surface area contributed by atoms with Crippen molar-refractivity contribution in [3.63, 3.8) is 0 Å². The van der Waals surface area contributed by atoms with E-state index in [2.05, 4.69) is 10.3 Å². The maximum atomic E-state index is 11.9. The van der Waals surface area contributed by atoms with Crippen LogP contribution in [0.5, 0.6) is 5.75 Å². The van der Waals surface area contributed by atoms with Crippen LogP contribution in [-0.2, 0) is 0 Å². The number of hydrogen-bond donors (Lipinski definition) is 2. The third kappa shape index (κ3) is 2.60. The largest absolute Gasteiger partial charge is 0.505 e. The molecule has 0 atom stereocenters. The average molecular weight is 263 g/mol. The Kier molecular flexibility index (Phi) is 3.48. The lowest BCUT2D eigenvalue weighted by Gasteiger charge is -2.07. The molecule has 1 aromatic heterocycles. The Hall–Kier alpha value is -2.07. The fourth-order valence-corrected chi connectivity index (χ4v) is 1.63. The summed E-state index contributed by atoms with van der Waals surface area (Å²) in [6.45, 7) is 1.88. The third-order valence-corrected chi connectivity index (χ3v) is 2.88. The van der Waals surface area contributed by atoms with Gasteiger partial charge in [0.1, 0.15) is 5.75 Å². The average Bonchev–Trinajstić information content (AvgIpc) is 2.34. The number of amides is 1. The molecule has 0 saturated carbocycles. The molecule has 0 saturated heterocycles. The van der Waals surface area contributed by atoms with Crippen molar-refractivity contribution >= 4 is 23.2 Å². The molecule has 0 radical (unpaired) electrons. The maximum Gasteiger partial charge on any atom is 0.259 e. The molecule has 5 heteroatoms. The van der Waals surface area contributed by atoms with Crippen LogP contribution in [0.25, 0.3) is 0 Å². The second-order valence-electron chi connectivity index (χ2n) is 3.81. The lowest BCUT2D eigenvalue weighted by molar-refractivity contribution is 0.102. The van der Waals surface area contributed by atoms with E-state index in [9.17, 15) is 9.90 Å². The molecule has 92 valence electrons. The normalized spacial score (nSPS) is 10.1. The van der Waals surface area contributed by atoms with Crippen molar-refractivity contribution < 1.29 is 9.90 Å². The van der Waals surface area contributed by atoms with Gasteiger partial charge in [-0.15, -0.1) is 0 Å². The van der Waals surface area contributed by atoms with Gasteiger partial charge in [0.05, 0.1) is 11.8 Å². The van der Waals surface area contributed by atoms with E-state index in [-0.39, 0.29) is 11.3 Å². The monoisotopic (exact) mass is 262 g/mol. The molecule has 0 fully saturated rings. The van der Waals surface area contributed by atoms with Crippen LogP contribution in [-0.4, -0.2) is 16.0 Å². The number of aryl methyl sites for hydroxylation is 1. The van der Waals surface area contributed by atoms with Gasteiger partial charge in [-0.1, -0.05) is 17.7 Å². The van der Waals surface area contributed by atoms with Crippen LogP contribution < -0.4 is 5.32 Å². The number of nitrogens with zero attached hydrogens (tertiary/aromatic N) is 1. The summed E-state index contributed by atoms with van der Waals surface area (Å²) >= 11 is 5.96. The fourth-order valence-electron chi connectivity index (χ4n) is 1.45. The van der Waals surface area contributed by atoms with Crippen molar-refractivity contribution in [1.29, 1.82) is 0 Å². The molecule has 0 spiro atoms. The minimum Gasteiger partial charge on any atom is -0.505 e. The van der Waals surface area contributed by atoms with Gasteiger partial charge in [0.25, 0.3) is 5.91 Å². The van der Waals surface area contributed by atoms with Gasteiger partial charge < -0.3 is 10.4 Å². The molecule has 4 nitrogen and oxygen atoms in total. The summed E-state index contributed by atoms with van der Waals surface area (Å²) in [5.41, 5.74) is 1.68. The lowest BCUT2D eigenvalue weighted by atomic mass is 10.2. The van der Waals surface area contributed by atoms with Crippen LogP contribution in [0.1, 0.15) is 15.9 Å². The Morgan fingerprint density at radius 3 is 2.83 bits per heavy atom. The summed E-state index contributed by atoms with van der Waals surface area (Å²) in [6.07, 6.45) is 2.66. The van der Waals surface area contributed by atoms with E-state index in [1.807, 2.05) is 13.0 Å².